The van der Waals surface area contributed by atoms with Crippen molar-refractivity contribution in [1.82, 2.24) is 9.55 Å². The molecule has 1 aromatic heterocycles. The van der Waals surface area contributed by atoms with Crippen molar-refractivity contribution in [3.8, 4) is 17.1 Å². The molecule has 0 amide bonds. The lowest BCUT2D eigenvalue weighted by Crippen LogP contribution is -2.35. The molecule has 0 saturated heterocycles. The van der Waals surface area contributed by atoms with Crippen LogP contribution in [0.2, 0.25) is 0 Å². The van der Waals surface area contributed by atoms with Gasteiger partial charge in [0.15, 0.2) is 0 Å². The van der Waals surface area contributed by atoms with Crippen LogP contribution in [-0.2, 0) is 11.5 Å². The Hall–Kier alpha value is -3.54. The zero-order valence-corrected chi connectivity index (χ0v) is 26.5. The number of imidazole rings is 1. The van der Waals surface area contributed by atoms with Crippen LogP contribution in [0.4, 0.5) is 13.2 Å². The van der Waals surface area contributed by atoms with Crippen molar-refractivity contribution in [2.24, 2.45) is 5.41 Å². The lowest BCUT2D eigenvalue weighted by molar-refractivity contribution is -0.137. The van der Waals surface area contributed by atoms with E-state index >= 15 is 0 Å². The molecule has 2 radical (unpaired) electrons. The highest BCUT2D eigenvalue weighted by Crippen LogP contribution is 2.47. The van der Waals surface area contributed by atoms with Crippen molar-refractivity contribution >= 4 is 29.7 Å². The molecule has 0 unspecified atom stereocenters. The van der Waals surface area contributed by atoms with Gasteiger partial charge in [0, 0.05) is 5.56 Å². The monoisotopic (exact) mass is 592 g/mol. The molecule has 44 heavy (non-hydrogen) atoms. The van der Waals surface area contributed by atoms with Gasteiger partial charge in [-0.1, -0.05) is 96.8 Å². The largest absolute Gasteiger partial charge is 0.416 e. The van der Waals surface area contributed by atoms with E-state index in [9.17, 15) is 13.2 Å². The quantitative estimate of drug-likeness (QED) is 0.186. The van der Waals surface area contributed by atoms with Crippen LogP contribution in [0.3, 0.4) is 0 Å². The highest BCUT2D eigenvalue weighted by Gasteiger charge is 2.37. The molecule has 4 aromatic carbocycles. The van der Waals surface area contributed by atoms with Crippen LogP contribution in [0, 0.1) is 5.41 Å². The molecule has 1 aliphatic carbocycles. The van der Waals surface area contributed by atoms with Crippen molar-refractivity contribution in [1.29, 1.82) is 0 Å². The molecule has 0 atom stereocenters. The van der Waals surface area contributed by atoms with Crippen LogP contribution in [0.25, 0.3) is 38.9 Å². The van der Waals surface area contributed by atoms with Gasteiger partial charge in [-0.3, -0.25) is 4.57 Å². The van der Waals surface area contributed by atoms with Gasteiger partial charge in [0.1, 0.15) is 5.82 Å². The van der Waals surface area contributed by atoms with E-state index in [-0.39, 0.29) is 17.2 Å². The van der Waals surface area contributed by atoms with Crippen molar-refractivity contribution < 1.29 is 13.2 Å². The van der Waals surface area contributed by atoms with Gasteiger partial charge in [0.2, 0.25) is 0 Å². The number of nitrogens with zero attached hydrogens (tertiary/aromatic N) is 2. The molecule has 226 valence electrons. The van der Waals surface area contributed by atoms with Gasteiger partial charge in [-0.05, 0) is 93.2 Å². The Bertz CT molecular complexity index is 1820. The second-order valence-electron chi connectivity index (χ2n) is 14.2. The summed E-state index contributed by atoms with van der Waals surface area (Å²) in [4.78, 5) is 5.10. The summed E-state index contributed by atoms with van der Waals surface area (Å²) in [5, 5.41) is 0.906. The van der Waals surface area contributed by atoms with Gasteiger partial charge in [0.05, 0.1) is 30.1 Å². The predicted octanol–water partition coefficient (Wildman–Crippen LogP) is 11.1. The van der Waals surface area contributed by atoms with Gasteiger partial charge in [-0.25, -0.2) is 4.98 Å². The van der Waals surface area contributed by atoms with Gasteiger partial charge in [-0.2, -0.15) is 13.2 Å². The molecule has 0 spiro atoms. The minimum Gasteiger partial charge on any atom is -0.292 e. The van der Waals surface area contributed by atoms with E-state index in [4.69, 9.17) is 12.8 Å². The SMILES string of the molecule is [B]C1(c2cc(C(C)C)c(-n3c(-c4ccc5ccc(C(F)(F)F)cc5c4)nc4ccccc43)c(C(C)C)c2)CCC(C)(C)CC1. The average Bonchev–Trinajstić information content (AvgIpc) is 3.36. The number of aromatic nitrogens is 2. The summed E-state index contributed by atoms with van der Waals surface area (Å²) in [6.45, 7) is 13.5. The Morgan fingerprint density at radius 1 is 0.773 bits per heavy atom. The third-order valence-electron chi connectivity index (χ3n) is 9.69. The summed E-state index contributed by atoms with van der Waals surface area (Å²) in [5.74, 6) is 1.11. The van der Waals surface area contributed by atoms with Gasteiger partial charge in [-0.15, -0.1) is 0 Å². The van der Waals surface area contributed by atoms with Crippen LogP contribution in [0.5, 0.6) is 0 Å². The summed E-state index contributed by atoms with van der Waals surface area (Å²) in [6, 6.07) is 22.3. The first-order valence-corrected chi connectivity index (χ1v) is 15.7. The molecule has 1 saturated carbocycles. The highest BCUT2D eigenvalue weighted by atomic mass is 19.4. The van der Waals surface area contributed by atoms with Crippen LogP contribution in [0.1, 0.15) is 101 Å². The molecule has 1 heterocycles. The number of rotatable bonds is 5. The number of hydrogen-bond donors (Lipinski definition) is 0. The minimum absolute atomic E-state index is 0.200. The molecule has 0 aliphatic heterocycles. The minimum atomic E-state index is -4.41. The molecule has 1 fully saturated rings. The Balaban J connectivity index is 1.61. The lowest BCUT2D eigenvalue weighted by atomic mass is 9.52. The number of halogens is 3. The molecule has 1 aliphatic rings. The summed E-state index contributed by atoms with van der Waals surface area (Å²) in [7, 11) is 7.22. The molecule has 2 nitrogen and oxygen atoms in total. The molecular weight excluding hydrogens is 552 g/mol. The second kappa shape index (κ2) is 10.8. The van der Waals surface area contributed by atoms with Crippen molar-refractivity contribution in [3.63, 3.8) is 0 Å². The first kappa shape index (κ1) is 30.5. The second-order valence-corrected chi connectivity index (χ2v) is 14.2. The first-order valence-electron chi connectivity index (χ1n) is 15.7. The number of fused-ring (bicyclic) bond motifs is 2. The molecule has 6 rings (SSSR count). The summed E-state index contributed by atoms with van der Waals surface area (Å²) in [6.07, 6.45) is -0.331. The van der Waals surface area contributed by atoms with Crippen LogP contribution < -0.4 is 0 Å². The normalized spacial score (nSPS) is 16.8. The fourth-order valence-electron chi connectivity index (χ4n) is 6.78. The fraction of sp³-hybridized carbons (Fsp3) is 0.395. The van der Waals surface area contributed by atoms with Gasteiger partial charge < -0.3 is 0 Å². The predicted molar refractivity (Wildman–Crippen MR) is 177 cm³/mol. The van der Waals surface area contributed by atoms with Crippen molar-refractivity contribution in [2.75, 3.05) is 0 Å². The van der Waals surface area contributed by atoms with Crippen LogP contribution in [-0.4, -0.2) is 17.4 Å². The zero-order valence-electron chi connectivity index (χ0n) is 26.5. The zero-order chi connectivity index (χ0) is 31.6. The van der Waals surface area contributed by atoms with E-state index in [1.165, 1.54) is 28.8 Å². The highest BCUT2D eigenvalue weighted by molar-refractivity contribution is 6.16. The Morgan fingerprint density at radius 3 is 2.00 bits per heavy atom. The van der Waals surface area contributed by atoms with Gasteiger partial charge >= 0.3 is 6.18 Å². The third-order valence-corrected chi connectivity index (χ3v) is 9.69. The fourth-order valence-corrected chi connectivity index (χ4v) is 6.78. The number of benzene rings is 4. The number of hydrogen-bond acceptors (Lipinski definition) is 1. The maximum Gasteiger partial charge on any atom is 0.416 e. The van der Waals surface area contributed by atoms with Gasteiger partial charge in [0.25, 0.3) is 0 Å². The number of alkyl halides is 3. The van der Waals surface area contributed by atoms with E-state index in [0.717, 1.165) is 59.4 Å². The van der Waals surface area contributed by atoms with Crippen molar-refractivity contribution in [2.45, 2.75) is 90.6 Å². The van der Waals surface area contributed by atoms with Crippen molar-refractivity contribution in [3.05, 3.63) is 95.1 Å². The maximum absolute atomic E-state index is 13.6. The lowest BCUT2D eigenvalue weighted by Gasteiger charge is -2.43. The first-order chi connectivity index (χ1) is 20.7. The number of para-hydroxylation sites is 2. The topological polar surface area (TPSA) is 17.8 Å². The summed E-state index contributed by atoms with van der Waals surface area (Å²) < 4.78 is 43.1. The molecule has 0 bridgehead atoms. The maximum atomic E-state index is 13.6. The Morgan fingerprint density at radius 2 is 1.39 bits per heavy atom. The van der Waals surface area contributed by atoms with E-state index in [1.54, 1.807) is 0 Å². The smallest absolute Gasteiger partial charge is 0.292 e. The van der Waals surface area contributed by atoms with E-state index < -0.39 is 11.7 Å². The molecule has 0 N–H and O–H groups in total. The van der Waals surface area contributed by atoms with Crippen LogP contribution >= 0.6 is 0 Å². The van der Waals surface area contributed by atoms with E-state index in [2.05, 4.69) is 64.3 Å². The standard InChI is InChI=1S/C38H40BF3N2/c1-23(2)30-21-29(37(39)17-15-36(5,6)16-18-37)22-31(24(3)4)34(30)44-33-10-8-7-9-32(33)43-35(44)26-12-11-25-13-14-28(38(40,41)42)20-27(25)19-26/h7-14,19-24H,15-18H2,1-6H3. The van der Waals surface area contributed by atoms with E-state index in [0.29, 0.717) is 16.6 Å². The summed E-state index contributed by atoms with van der Waals surface area (Å²) >= 11 is 0. The Kier molecular flexibility index (Phi) is 7.50. The van der Waals surface area contributed by atoms with E-state index in [1.807, 2.05) is 36.4 Å². The Labute approximate surface area is 260 Å². The van der Waals surface area contributed by atoms with Crippen LogP contribution in [0.15, 0.2) is 72.8 Å². The molecule has 5 aromatic rings. The summed E-state index contributed by atoms with van der Waals surface area (Å²) in [5.41, 5.74) is 6.90. The molecular formula is C38H40BF3N2. The third kappa shape index (κ3) is 5.46. The average molecular weight is 593 g/mol. The molecule has 6 heteroatoms.